The van der Waals surface area contributed by atoms with Crippen LogP contribution in [0, 0.1) is 0 Å². The van der Waals surface area contributed by atoms with E-state index in [1.807, 2.05) is 20.8 Å². The number of hydrogen-bond acceptors (Lipinski definition) is 4. The summed E-state index contributed by atoms with van der Waals surface area (Å²) in [5, 5.41) is 2.82. The lowest BCUT2D eigenvalue weighted by molar-refractivity contribution is 0.0528. The van der Waals surface area contributed by atoms with Gasteiger partial charge in [-0.15, -0.1) is 0 Å². The molecule has 1 aliphatic heterocycles. The highest BCUT2D eigenvalue weighted by molar-refractivity contribution is 5.67. The average Bonchev–Trinajstić information content (AvgIpc) is 2.53. The van der Waals surface area contributed by atoms with E-state index >= 15 is 0 Å². The lowest BCUT2D eigenvalue weighted by Gasteiger charge is -2.43. The van der Waals surface area contributed by atoms with Gasteiger partial charge in [-0.05, 0) is 57.7 Å². The monoisotopic (exact) mass is 359 g/mol. The normalized spacial score (nSPS) is 19.1. The minimum atomic E-state index is -0.450. The molecule has 1 aromatic carbocycles. The second-order valence-corrected chi connectivity index (χ2v) is 8.45. The number of nitrogens with zero attached hydrogens (tertiary/aromatic N) is 2. The maximum absolute atomic E-state index is 11.7. The van der Waals surface area contributed by atoms with Crippen LogP contribution in [0.25, 0.3) is 0 Å². The Bertz CT molecular complexity index is 582. The topological polar surface area (TPSA) is 44.8 Å². The number of ether oxygens (including phenoxy) is 1. The van der Waals surface area contributed by atoms with Crippen LogP contribution in [-0.4, -0.2) is 55.4 Å². The highest BCUT2D eigenvalue weighted by Gasteiger charge is 2.27. The van der Waals surface area contributed by atoms with Crippen LogP contribution in [0.3, 0.4) is 0 Å². The number of amides is 1. The average molecular weight is 360 g/mol. The summed E-state index contributed by atoms with van der Waals surface area (Å²) in [6.07, 6.45) is 4.67. The first-order chi connectivity index (χ1) is 12.4. The molecule has 144 valence electrons. The summed E-state index contributed by atoms with van der Waals surface area (Å²) in [6, 6.07) is 9.62. The van der Waals surface area contributed by atoms with Crippen LogP contribution in [0.5, 0.6) is 0 Å². The Morgan fingerprint density at radius 1 is 1.12 bits per heavy atom. The minimum Gasteiger partial charge on any atom is -0.444 e. The largest absolute Gasteiger partial charge is 0.444 e. The van der Waals surface area contributed by atoms with E-state index in [0.717, 1.165) is 25.6 Å². The quantitative estimate of drug-likeness (QED) is 0.875. The summed E-state index contributed by atoms with van der Waals surface area (Å²) in [7, 11) is 0. The molecule has 0 unspecified atom stereocenters. The number of rotatable bonds is 5. The van der Waals surface area contributed by atoms with E-state index < -0.39 is 5.60 Å². The van der Waals surface area contributed by atoms with E-state index in [4.69, 9.17) is 4.74 Å². The Morgan fingerprint density at radius 2 is 1.77 bits per heavy atom. The molecule has 0 spiro atoms. The Hall–Kier alpha value is -1.75. The van der Waals surface area contributed by atoms with Gasteiger partial charge in [0.05, 0.1) is 0 Å². The van der Waals surface area contributed by atoms with Gasteiger partial charge in [-0.25, -0.2) is 4.79 Å². The maximum Gasteiger partial charge on any atom is 0.407 e. The molecule has 1 N–H and O–H groups in total. The van der Waals surface area contributed by atoms with Crippen LogP contribution >= 0.6 is 0 Å². The number of hydrogen-bond donors (Lipinski definition) is 1. The van der Waals surface area contributed by atoms with Gasteiger partial charge in [0.25, 0.3) is 0 Å². The number of anilines is 1. The lowest BCUT2D eigenvalue weighted by Crippen LogP contribution is -2.52. The SMILES string of the molecule is CC(C)(C)OC(=O)NCCc1ccc(N2CCN(C3CCC3)CC2)cc1. The second-order valence-electron chi connectivity index (χ2n) is 8.45. The molecule has 3 rings (SSSR count). The van der Waals surface area contributed by atoms with Crippen LogP contribution in [0.15, 0.2) is 24.3 Å². The van der Waals surface area contributed by atoms with Crippen molar-refractivity contribution in [3.05, 3.63) is 29.8 Å². The van der Waals surface area contributed by atoms with E-state index in [1.165, 1.54) is 43.6 Å². The maximum atomic E-state index is 11.7. The molecule has 5 nitrogen and oxygen atoms in total. The zero-order valence-electron chi connectivity index (χ0n) is 16.5. The Morgan fingerprint density at radius 3 is 2.31 bits per heavy atom. The molecule has 1 saturated carbocycles. The van der Waals surface area contributed by atoms with Crippen molar-refractivity contribution in [2.24, 2.45) is 0 Å². The summed E-state index contributed by atoms with van der Waals surface area (Å²) in [6.45, 7) is 10.8. The van der Waals surface area contributed by atoms with Gasteiger partial charge >= 0.3 is 6.09 Å². The fourth-order valence-electron chi connectivity index (χ4n) is 3.59. The first kappa shape index (κ1) is 19.0. The third-order valence-electron chi connectivity index (χ3n) is 5.29. The van der Waals surface area contributed by atoms with Gasteiger partial charge in [-0.2, -0.15) is 0 Å². The van der Waals surface area contributed by atoms with E-state index in [0.29, 0.717) is 6.54 Å². The molecule has 26 heavy (non-hydrogen) atoms. The third-order valence-corrected chi connectivity index (χ3v) is 5.29. The van der Waals surface area contributed by atoms with Crippen molar-refractivity contribution in [2.45, 2.75) is 58.1 Å². The fourth-order valence-corrected chi connectivity index (χ4v) is 3.59. The molecular formula is C21H33N3O2. The summed E-state index contributed by atoms with van der Waals surface area (Å²) < 4.78 is 5.25. The van der Waals surface area contributed by atoms with Gasteiger partial charge in [0.1, 0.15) is 5.60 Å². The molecular weight excluding hydrogens is 326 g/mol. The smallest absolute Gasteiger partial charge is 0.407 e. The van der Waals surface area contributed by atoms with Crippen molar-refractivity contribution >= 4 is 11.8 Å². The van der Waals surface area contributed by atoms with Gasteiger partial charge in [-0.3, -0.25) is 4.90 Å². The zero-order valence-corrected chi connectivity index (χ0v) is 16.5. The molecule has 2 aliphatic rings. The van der Waals surface area contributed by atoms with E-state index in [2.05, 4.69) is 39.4 Å². The Balaban J connectivity index is 1.40. The molecule has 1 aliphatic carbocycles. The van der Waals surface area contributed by atoms with E-state index in [9.17, 15) is 4.79 Å². The number of nitrogens with one attached hydrogen (secondary N) is 1. The summed E-state index contributed by atoms with van der Waals surface area (Å²) in [5.41, 5.74) is 2.09. The van der Waals surface area contributed by atoms with Crippen LogP contribution in [0.1, 0.15) is 45.6 Å². The highest BCUT2D eigenvalue weighted by Crippen LogP contribution is 2.26. The van der Waals surface area contributed by atoms with Crippen molar-refractivity contribution in [2.75, 3.05) is 37.6 Å². The number of benzene rings is 1. The zero-order chi connectivity index (χ0) is 18.6. The van der Waals surface area contributed by atoms with Crippen molar-refractivity contribution in [1.82, 2.24) is 10.2 Å². The number of carbonyl (C=O) groups is 1. The van der Waals surface area contributed by atoms with Crippen molar-refractivity contribution in [3.8, 4) is 0 Å². The molecule has 0 aromatic heterocycles. The van der Waals surface area contributed by atoms with Gasteiger partial charge in [0.2, 0.25) is 0 Å². The summed E-state index contributed by atoms with van der Waals surface area (Å²) >= 11 is 0. The Labute approximate surface area is 157 Å². The van der Waals surface area contributed by atoms with Crippen molar-refractivity contribution in [1.29, 1.82) is 0 Å². The number of carbonyl (C=O) groups excluding carboxylic acids is 1. The summed E-state index contributed by atoms with van der Waals surface area (Å²) in [4.78, 5) is 16.8. The second kappa shape index (κ2) is 8.30. The molecule has 5 heteroatoms. The van der Waals surface area contributed by atoms with Crippen molar-refractivity contribution in [3.63, 3.8) is 0 Å². The third kappa shape index (κ3) is 5.37. The molecule has 1 amide bonds. The predicted octanol–water partition coefficient (Wildman–Crippen LogP) is 3.43. The van der Waals surface area contributed by atoms with Crippen LogP contribution in [0.4, 0.5) is 10.5 Å². The first-order valence-electron chi connectivity index (χ1n) is 9.95. The van der Waals surface area contributed by atoms with E-state index in [-0.39, 0.29) is 6.09 Å². The standard InChI is InChI=1S/C21H33N3O2/c1-21(2,3)26-20(25)22-12-11-17-7-9-19(10-8-17)24-15-13-23(14-16-24)18-5-4-6-18/h7-10,18H,4-6,11-16H2,1-3H3,(H,22,25). The minimum absolute atomic E-state index is 0.349. The van der Waals surface area contributed by atoms with Gasteiger partial charge < -0.3 is 15.0 Å². The van der Waals surface area contributed by atoms with Crippen LogP contribution < -0.4 is 10.2 Å². The molecule has 1 saturated heterocycles. The van der Waals surface area contributed by atoms with Gasteiger partial charge in [0, 0.05) is 44.5 Å². The molecule has 0 radical (unpaired) electrons. The Kier molecular flexibility index (Phi) is 6.07. The number of alkyl carbamates (subject to hydrolysis) is 1. The van der Waals surface area contributed by atoms with Gasteiger partial charge in [0.15, 0.2) is 0 Å². The molecule has 0 bridgehead atoms. The molecule has 1 aromatic rings. The lowest BCUT2D eigenvalue weighted by atomic mass is 9.91. The predicted molar refractivity (Wildman–Crippen MR) is 106 cm³/mol. The van der Waals surface area contributed by atoms with Crippen LogP contribution in [-0.2, 0) is 11.2 Å². The summed E-state index contributed by atoms with van der Waals surface area (Å²) in [5.74, 6) is 0. The molecule has 1 heterocycles. The van der Waals surface area contributed by atoms with Crippen molar-refractivity contribution < 1.29 is 9.53 Å². The molecule has 0 atom stereocenters. The van der Waals surface area contributed by atoms with Crippen LogP contribution in [0.2, 0.25) is 0 Å². The fraction of sp³-hybridized carbons (Fsp3) is 0.667. The number of piperazine rings is 1. The van der Waals surface area contributed by atoms with E-state index in [1.54, 1.807) is 0 Å². The highest BCUT2D eigenvalue weighted by atomic mass is 16.6. The first-order valence-corrected chi connectivity index (χ1v) is 9.95. The molecule has 2 fully saturated rings. The van der Waals surface area contributed by atoms with Gasteiger partial charge in [-0.1, -0.05) is 18.6 Å².